The number of aromatic nitrogens is 2. The van der Waals surface area contributed by atoms with Crippen LogP contribution >= 0.6 is 23.3 Å². The van der Waals surface area contributed by atoms with Crippen LogP contribution in [0.3, 0.4) is 0 Å². The molecular formula is C13H21N3O2S2. The second kappa shape index (κ2) is 6.87. The lowest BCUT2D eigenvalue weighted by Gasteiger charge is -2.30. The van der Waals surface area contributed by atoms with E-state index in [0.29, 0.717) is 5.75 Å². The van der Waals surface area contributed by atoms with Crippen LogP contribution in [0.25, 0.3) is 0 Å². The van der Waals surface area contributed by atoms with E-state index in [1.165, 1.54) is 23.3 Å². The molecule has 0 saturated heterocycles. The predicted molar refractivity (Wildman–Crippen MR) is 81.4 cm³/mol. The van der Waals surface area contributed by atoms with Crippen molar-refractivity contribution < 1.29 is 9.90 Å². The largest absolute Gasteiger partial charge is 0.480 e. The van der Waals surface area contributed by atoms with Crippen molar-refractivity contribution in [1.82, 2.24) is 14.7 Å². The van der Waals surface area contributed by atoms with E-state index in [0.717, 1.165) is 42.4 Å². The Labute approximate surface area is 127 Å². The van der Waals surface area contributed by atoms with E-state index in [4.69, 9.17) is 0 Å². The second-order valence-corrected chi connectivity index (χ2v) is 7.07. The standard InChI is InChI=1S/C13H21N3O2S2/c1-3-7-14-13(11(17)18,9-5-6-9)8-19-12-15-10(4-2)16-20-12/h9,14H,3-8H2,1-2H3,(H,17,18). The fourth-order valence-corrected chi connectivity index (χ4v) is 4.15. The van der Waals surface area contributed by atoms with Crippen LogP contribution in [0.1, 0.15) is 38.9 Å². The molecule has 1 aliphatic carbocycles. The third-order valence-electron chi connectivity index (χ3n) is 3.54. The Kier molecular flexibility index (Phi) is 5.40. The molecule has 1 atom stereocenters. The molecule has 0 radical (unpaired) electrons. The molecule has 1 aliphatic rings. The zero-order valence-electron chi connectivity index (χ0n) is 11.9. The van der Waals surface area contributed by atoms with Gasteiger partial charge in [-0.05, 0) is 43.3 Å². The minimum Gasteiger partial charge on any atom is -0.480 e. The summed E-state index contributed by atoms with van der Waals surface area (Å²) >= 11 is 2.88. The normalized spacial score (nSPS) is 17.9. The molecule has 2 N–H and O–H groups in total. The number of hydrogen-bond acceptors (Lipinski definition) is 6. The van der Waals surface area contributed by atoms with Crippen molar-refractivity contribution in [3.05, 3.63) is 5.82 Å². The third-order valence-corrected chi connectivity index (χ3v) is 5.60. The molecule has 0 aromatic carbocycles. The highest BCUT2D eigenvalue weighted by molar-refractivity contribution is 8.01. The van der Waals surface area contributed by atoms with Gasteiger partial charge in [0.15, 0.2) is 4.34 Å². The van der Waals surface area contributed by atoms with Crippen LogP contribution in [0.2, 0.25) is 0 Å². The summed E-state index contributed by atoms with van der Waals surface area (Å²) in [7, 11) is 0. The molecular weight excluding hydrogens is 294 g/mol. The van der Waals surface area contributed by atoms with Crippen LogP contribution in [-0.2, 0) is 11.2 Å². The smallest absolute Gasteiger partial charge is 0.325 e. The van der Waals surface area contributed by atoms with Crippen LogP contribution in [0, 0.1) is 5.92 Å². The van der Waals surface area contributed by atoms with Crippen molar-refractivity contribution in [3.8, 4) is 0 Å². The Bertz CT molecular complexity index is 462. The zero-order valence-corrected chi connectivity index (χ0v) is 13.5. The Morgan fingerprint density at radius 3 is 2.80 bits per heavy atom. The highest BCUT2D eigenvalue weighted by Crippen LogP contribution is 2.42. The fraction of sp³-hybridized carbons (Fsp3) is 0.769. The number of nitrogens with zero attached hydrogens (tertiary/aromatic N) is 2. The summed E-state index contributed by atoms with van der Waals surface area (Å²) in [6, 6.07) is 0. The number of hydrogen-bond donors (Lipinski definition) is 2. The molecule has 1 aromatic rings. The van der Waals surface area contributed by atoms with Crippen LogP contribution in [0.4, 0.5) is 0 Å². The van der Waals surface area contributed by atoms with Gasteiger partial charge in [0.1, 0.15) is 11.4 Å². The molecule has 112 valence electrons. The van der Waals surface area contributed by atoms with E-state index in [-0.39, 0.29) is 5.92 Å². The number of carboxylic acid groups (broad SMARTS) is 1. The topological polar surface area (TPSA) is 75.1 Å². The minimum atomic E-state index is -0.807. The van der Waals surface area contributed by atoms with Gasteiger partial charge >= 0.3 is 5.97 Å². The lowest BCUT2D eigenvalue weighted by Crippen LogP contribution is -2.56. The van der Waals surface area contributed by atoms with Gasteiger partial charge in [0, 0.05) is 12.2 Å². The summed E-state index contributed by atoms with van der Waals surface area (Å²) < 4.78 is 5.11. The molecule has 0 amide bonds. The number of carbonyl (C=O) groups is 1. The maximum Gasteiger partial charge on any atom is 0.325 e. The number of aliphatic carboxylic acids is 1. The minimum absolute atomic E-state index is 0.248. The first-order chi connectivity index (χ1) is 9.62. The number of nitrogens with one attached hydrogen (secondary N) is 1. The molecule has 0 aliphatic heterocycles. The van der Waals surface area contributed by atoms with Crippen molar-refractivity contribution in [2.45, 2.75) is 49.4 Å². The first-order valence-corrected chi connectivity index (χ1v) is 8.82. The van der Waals surface area contributed by atoms with Gasteiger partial charge in [-0.1, -0.05) is 25.6 Å². The Balaban J connectivity index is 2.04. The average Bonchev–Trinajstić information content (AvgIpc) is 3.18. The zero-order chi connectivity index (χ0) is 14.6. The SMILES string of the molecule is CCCNC(CSc1nc(CC)ns1)(C(=O)O)C1CC1. The van der Waals surface area contributed by atoms with E-state index in [2.05, 4.69) is 21.6 Å². The lowest BCUT2D eigenvalue weighted by atomic mass is 9.95. The van der Waals surface area contributed by atoms with Gasteiger partial charge in [-0.15, -0.1) is 0 Å². The monoisotopic (exact) mass is 315 g/mol. The Morgan fingerprint density at radius 2 is 2.30 bits per heavy atom. The summed E-state index contributed by atoms with van der Waals surface area (Å²) in [5, 5.41) is 13.0. The predicted octanol–water partition coefficient (Wildman–Crippen LogP) is 2.43. The van der Waals surface area contributed by atoms with E-state index >= 15 is 0 Å². The van der Waals surface area contributed by atoms with E-state index in [1.54, 1.807) is 0 Å². The Morgan fingerprint density at radius 1 is 1.55 bits per heavy atom. The van der Waals surface area contributed by atoms with E-state index in [1.807, 2.05) is 6.92 Å². The summed E-state index contributed by atoms with van der Waals surface area (Å²) in [6.45, 7) is 4.81. The van der Waals surface area contributed by atoms with Gasteiger partial charge in [-0.25, -0.2) is 4.98 Å². The number of rotatable bonds is 9. The third kappa shape index (κ3) is 3.51. The summed E-state index contributed by atoms with van der Waals surface area (Å²) in [4.78, 5) is 16.2. The summed E-state index contributed by atoms with van der Waals surface area (Å²) in [6.07, 6.45) is 3.75. The van der Waals surface area contributed by atoms with Crippen molar-refractivity contribution in [2.75, 3.05) is 12.3 Å². The van der Waals surface area contributed by atoms with Crippen molar-refractivity contribution in [2.24, 2.45) is 5.92 Å². The maximum atomic E-state index is 11.8. The molecule has 0 spiro atoms. The van der Waals surface area contributed by atoms with Crippen LogP contribution in [0.5, 0.6) is 0 Å². The van der Waals surface area contributed by atoms with Crippen molar-refractivity contribution in [3.63, 3.8) is 0 Å². The molecule has 5 nitrogen and oxygen atoms in total. The summed E-state index contributed by atoms with van der Waals surface area (Å²) in [5.74, 6) is 0.871. The summed E-state index contributed by atoms with van der Waals surface area (Å²) in [5.41, 5.74) is -0.807. The first kappa shape index (κ1) is 15.7. The average molecular weight is 315 g/mol. The molecule has 20 heavy (non-hydrogen) atoms. The second-order valence-electron chi connectivity index (χ2n) is 5.10. The molecule has 1 saturated carbocycles. The molecule has 1 fully saturated rings. The number of aryl methyl sites for hydroxylation is 1. The molecule has 1 heterocycles. The molecule has 0 bridgehead atoms. The van der Waals surface area contributed by atoms with Gasteiger partial charge in [0.25, 0.3) is 0 Å². The fourth-order valence-electron chi connectivity index (χ4n) is 2.17. The van der Waals surface area contributed by atoms with Crippen molar-refractivity contribution in [1.29, 1.82) is 0 Å². The first-order valence-electron chi connectivity index (χ1n) is 7.06. The van der Waals surface area contributed by atoms with Gasteiger partial charge < -0.3 is 10.4 Å². The van der Waals surface area contributed by atoms with Crippen LogP contribution < -0.4 is 5.32 Å². The molecule has 1 unspecified atom stereocenters. The molecule has 1 aromatic heterocycles. The Hall–Kier alpha value is -0.660. The van der Waals surface area contributed by atoms with Crippen molar-refractivity contribution >= 4 is 29.3 Å². The van der Waals surface area contributed by atoms with Gasteiger partial charge in [0.05, 0.1) is 0 Å². The quantitative estimate of drug-likeness (QED) is 0.682. The highest BCUT2D eigenvalue weighted by atomic mass is 32.2. The number of carboxylic acids is 1. The molecule has 7 heteroatoms. The van der Waals surface area contributed by atoms with E-state index < -0.39 is 11.5 Å². The van der Waals surface area contributed by atoms with Crippen LogP contribution in [-0.4, -0.2) is 38.3 Å². The molecule has 2 rings (SSSR count). The number of thioether (sulfide) groups is 1. The van der Waals surface area contributed by atoms with E-state index in [9.17, 15) is 9.90 Å². The van der Waals surface area contributed by atoms with Gasteiger partial charge in [0.2, 0.25) is 0 Å². The van der Waals surface area contributed by atoms with Crippen LogP contribution in [0.15, 0.2) is 4.34 Å². The van der Waals surface area contributed by atoms with Gasteiger partial charge in [-0.2, -0.15) is 4.37 Å². The van der Waals surface area contributed by atoms with Gasteiger partial charge in [-0.3, -0.25) is 4.79 Å². The lowest BCUT2D eigenvalue weighted by molar-refractivity contribution is -0.144. The maximum absolute atomic E-state index is 11.8. The highest BCUT2D eigenvalue weighted by Gasteiger charge is 2.50.